The second kappa shape index (κ2) is 7.12. The van der Waals surface area contributed by atoms with Gasteiger partial charge in [-0.3, -0.25) is 4.79 Å². The number of aryl methyl sites for hydroxylation is 1. The van der Waals surface area contributed by atoms with Crippen LogP contribution in [-0.2, 0) is 11.8 Å². The predicted octanol–water partition coefficient (Wildman–Crippen LogP) is 2.11. The first-order valence-electron chi connectivity index (χ1n) is 8.02. The lowest BCUT2D eigenvalue weighted by Gasteiger charge is -2.04. The number of aromatic nitrogens is 3. The molecular weight excluding hydrogens is 368 g/mol. The van der Waals surface area contributed by atoms with E-state index in [-0.39, 0.29) is 16.7 Å². The fraction of sp³-hybridized carbons (Fsp3) is 0.111. The number of carbonyl (C=O) groups is 1. The Balaban J connectivity index is 1.40. The summed E-state index contributed by atoms with van der Waals surface area (Å²) in [6, 6.07) is 14.7. The van der Waals surface area contributed by atoms with E-state index in [2.05, 4.69) is 20.1 Å². The zero-order chi connectivity index (χ0) is 18.8. The Kier molecular flexibility index (Phi) is 4.51. The number of anilines is 1. The van der Waals surface area contributed by atoms with Crippen LogP contribution >= 0.6 is 11.8 Å². The first-order chi connectivity index (χ1) is 13.1. The number of nitrogens with one attached hydrogen (secondary N) is 1. The van der Waals surface area contributed by atoms with Gasteiger partial charge in [0.1, 0.15) is 5.52 Å². The maximum absolute atomic E-state index is 12.1. The molecule has 2 aromatic heterocycles. The lowest BCUT2D eigenvalue weighted by molar-refractivity contribution is -0.772. The van der Waals surface area contributed by atoms with Crippen molar-refractivity contribution in [3.63, 3.8) is 0 Å². The van der Waals surface area contributed by atoms with Crippen LogP contribution in [0.5, 0.6) is 5.95 Å². The van der Waals surface area contributed by atoms with Crippen LogP contribution in [-0.4, -0.2) is 21.9 Å². The van der Waals surface area contributed by atoms with Crippen molar-refractivity contribution in [2.45, 2.75) is 5.03 Å². The standard InChI is InChI=1S/C18H14N4O4S/c1-22-17(18(24)26-21-22)27-10-15(23)19-12-8-6-11(7-9-12)16-20-13-4-2-3-5-14(13)25-16/h2-9H,10H2,1H3,(H-,19,20,21,23,24). The molecule has 2 heterocycles. The summed E-state index contributed by atoms with van der Waals surface area (Å²) in [6.07, 6.45) is 0. The van der Waals surface area contributed by atoms with Gasteiger partial charge in [0, 0.05) is 11.3 Å². The monoisotopic (exact) mass is 382 g/mol. The van der Waals surface area contributed by atoms with Gasteiger partial charge in [-0.05, 0) is 48.2 Å². The molecule has 0 saturated heterocycles. The lowest BCUT2D eigenvalue weighted by atomic mass is 10.2. The van der Waals surface area contributed by atoms with Crippen LogP contribution in [0.2, 0.25) is 0 Å². The zero-order valence-electron chi connectivity index (χ0n) is 14.2. The number of thioether (sulfide) groups is 1. The van der Waals surface area contributed by atoms with Crippen molar-refractivity contribution in [2.75, 3.05) is 11.1 Å². The van der Waals surface area contributed by atoms with Gasteiger partial charge in [0.2, 0.25) is 11.8 Å². The van der Waals surface area contributed by atoms with Crippen LogP contribution in [0.15, 0.2) is 62.5 Å². The van der Waals surface area contributed by atoms with Crippen molar-refractivity contribution in [1.29, 1.82) is 0 Å². The summed E-state index contributed by atoms with van der Waals surface area (Å²) in [4.78, 5) is 16.5. The second-order valence-corrected chi connectivity index (χ2v) is 6.65. The van der Waals surface area contributed by atoms with E-state index in [0.717, 1.165) is 28.4 Å². The average Bonchev–Trinajstić information content (AvgIpc) is 3.24. The van der Waals surface area contributed by atoms with Crippen LogP contribution in [0.4, 0.5) is 5.69 Å². The van der Waals surface area contributed by atoms with E-state index in [1.54, 1.807) is 19.2 Å². The van der Waals surface area contributed by atoms with Crippen LogP contribution in [0.1, 0.15) is 0 Å². The van der Waals surface area contributed by atoms with Crippen LogP contribution in [0.25, 0.3) is 22.6 Å². The summed E-state index contributed by atoms with van der Waals surface area (Å²) < 4.78 is 11.5. The zero-order valence-corrected chi connectivity index (χ0v) is 15.0. The van der Waals surface area contributed by atoms with E-state index in [4.69, 9.17) is 4.42 Å². The molecule has 9 heteroatoms. The van der Waals surface area contributed by atoms with Crippen LogP contribution in [0, 0.1) is 0 Å². The third-order valence-corrected chi connectivity index (χ3v) is 4.88. The first kappa shape index (κ1) is 17.1. The van der Waals surface area contributed by atoms with Crippen molar-refractivity contribution in [3.8, 4) is 17.4 Å². The molecule has 27 heavy (non-hydrogen) atoms. The summed E-state index contributed by atoms with van der Waals surface area (Å²) in [5, 5.41) is 18.0. The lowest BCUT2D eigenvalue weighted by Crippen LogP contribution is -2.32. The number of rotatable bonds is 5. The Morgan fingerprint density at radius 2 is 2.00 bits per heavy atom. The fourth-order valence-electron chi connectivity index (χ4n) is 2.48. The number of hydrogen-bond donors (Lipinski definition) is 1. The molecule has 0 unspecified atom stereocenters. The summed E-state index contributed by atoms with van der Waals surface area (Å²) in [6.45, 7) is 0. The van der Waals surface area contributed by atoms with Crippen LogP contribution < -0.4 is 15.1 Å². The van der Waals surface area contributed by atoms with Gasteiger partial charge in [0.15, 0.2) is 18.6 Å². The average molecular weight is 382 g/mol. The van der Waals surface area contributed by atoms with Gasteiger partial charge < -0.3 is 19.4 Å². The first-order valence-corrected chi connectivity index (χ1v) is 9.00. The van der Waals surface area contributed by atoms with Gasteiger partial charge >= 0.3 is 0 Å². The summed E-state index contributed by atoms with van der Waals surface area (Å²) in [5.41, 5.74) is 2.96. The largest absolute Gasteiger partial charge is 0.538 e. The number of oxazole rings is 1. The summed E-state index contributed by atoms with van der Waals surface area (Å²) >= 11 is 1.07. The van der Waals surface area contributed by atoms with Gasteiger partial charge in [0.05, 0.1) is 11.0 Å². The molecule has 0 saturated carbocycles. The molecule has 2 aromatic carbocycles. The maximum Gasteiger partial charge on any atom is 0.291 e. The molecule has 0 spiro atoms. The quantitative estimate of drug-likeness (QED) is 0.416. The Bertz CT molecular complexity index is 1050. The number of carbonyl (C=O) groups excluding carboxylic acids is 1. The van der Waals surface area contributed by atoms with E-state index in [9.17, 15) is 9.90 Å². The Labute approximate surface area is 157 Å². The molecule has 0 fully saturated rings. The van der Waals surface area contributed by atoms with E-state index in [1.807, 2.05) is 36.4 Å². The van der Waals surface area contributed by atoms with Crippen molar-refractivity contribution in [1.82, 2.24) is 10.3 Å². The maximum atomic E-state index is 12.1. The fourth-order valence-corrected chi connectivity index (χ4v) is 3.20. The molecule has 1 amide bonds. The van der Waals surface area contributed by atoms with Crippen molar-refractivity contribution < 1.29 is 23.5 Å². The molecule has 1 N–H and O–H groups in total. The minimum atomic E-state index is -0.557. The minimum absolute atomic E-state index is 0.0666. The number of amides is 1. The molecule has 0 radical (unpaired) electrons. The van der Waals surface area contributed by atoms with Gasteiger partial charge in [-0.1, -0.05) is 16.8 Å². The van der Waals surface area contributed by atoms with E-state index >= 15 is 0 Å². The molecule has 0 aliphatic rings. The second-order valence-electron chi connectivity index (χ2n) is 5.69. The normalized spacial score (nSPS) is 11.0. The van der Waals surface area contributed by atoms with Crippen molar-refractivity contribution in [2.24, 2.45) is 7.05 Å². The summed E-state index contributed by atoms with van der Waals surface area (Å²) in [7, 11) is 1.58. The van der Waals surface area contributed by atoms with Crippen molar-refractivity contribution >= 4 is 34.5 Å². The molecule has 0 aliphatic carbocycles. The highest BCUT2D eigenvalue weighted by Crippen LogP contribution is 2.25. The number of benzene rings is 2. The van der Waals surface area contributed by atoms with Gasteiger partial charge in [-0.2, -0.15) is 0 Å². The molecule has 0 bridgehead atoms. The highest BCUT2D eigenvalue weighted by atomic mass is 32.2. The predicted molar refractivity (Wildman–Crippen MR) is 95.9 cm³/mol. The van der Waals surface area contributed by atoms with Gasteiger partial charge in [-0.25, -0.2) is 4.98 Å². The molecular formula is C18H14N4O4S. The smallest absolute Gasteiger partial charge is 0.291 e. The van der Waals surface area contributed by atoms with E-state index < -0.39 is 5.95 Å². The topological polar surface area (TPSA) is 108 Å². The number of fused-ring (bicyclic) bond motifs is 1. The molecule has 0 aliphatic heterocycles. The third kappa shape index (κ3) is 3.63. The van der Waals surface area contributed by atoms with Crippen LogP contribution in [0.3, 0.4) is 0 Å². The highest BCUT2D eigenvalue weighted by Gasteiger charge is 2.16. The molecule has 4 aromatic rings. The summed E-state index contributed by atoms with van der Waals surface area (Å²) in [5.74, 6) is -0.210. The SMILES string of the molecule is C[n+]1noc([O-])c1SCC(=O)Nc1ccc(-c2nc3ccccc3o2)cc1. The van der Waals surface area contributed by atoms with Gasteiger partial charge in [0.25, 0.3) is 5.03 Å². The third-order valence-electron chi connectivity index (χ3n) is 3.76. The molecule has 136 valence electrons. The molecule has 0 atom stereocenters. The number of hydrogen-bond acceptors (Lipinski definition) is 7. The highest BCUT2D eigenvalue weighted by molar-refractivity contribution is 7.99. The molecule has 8 nitrogen and oxygen atoms in total. The molecule has 4 rings (SSSR count). The Morgan fingerprint density at radius 1 is 1.22 bits per heavy atom. The Morgan fingerprint density at radius 3 is 2.70 bits per heavy atom. The Hall–Kier alpha value is -3.33. The number of para-hydroxylation sites is 2. The van der Waals surface area contributed by atoms with Crippen molar-refractivity contribution in [3.05, 3.63) is 48.5 Å². The van der Waals surface area contributed by atoms with Gasteiger partial charge in [-0.15, -0.1) is 0 Å². The van der Waals surface area contributed by atoms with E-state index in [0.29, 0.717) is 11.6 Å². The van der Waals surface area contributed by atoms with E-state index in [1.165, 1.54) is 4.68 Å². The minimum Gasteiger partial charge on any atom is -0.538 e. The number of nitrogens with zero attached hydrogens (tertiary/aromatic N) is 3.